The molecule has 0 unspecified atom stereocenters. The number of aromatic nitrogens is 2. The molecule has 0 bridgehead atoms. The molecule has 1 saturated heterocycles. The van der Waals surface area contributed by atoms with Gasteiger partial charge in [0.2, 0.25) is 5.95 Å². The number of rotatable bonds is 3. The summed E-state index contributed by atoms with van der Waals surface area (Å²) in [5.41, 5.74) is 5.47. The SMILES string of the molecule is CCc1ccc(C(=O)N2CCc3nc(N4CCCC4)nc(C)c3CC2)cc1. The van der Waals surface area contributed by atoms with Crippen LogP contribution < -0.4 is 4.90 Å². The highest BCUT2D eigenvalue weighted by Crippen LogP contribution is 2.23. The van der Waals surface area contributed by atoms with Gasteiger partial charge < -0.3 is 9.80 Å². The van der Waals surface area contributed by atoms with E-state index in [-0.39, 0.29) is 5.91 Å². The molecule has 3 heterocycles. The molecule has 5 nitrogen and oxygen atoms in total. The Morgan fingerprint density at radius 1 is 1.00 bits per heavy atom. The molecule has 142 valence electrons. The third-order valence-corrected chi connectivity index (χ3v) is 5.82. The van der Waals surface area contributed by atoms with E-state index >= 15 is 0 Å². The molecule has 0 atom stereocenters. The van der Waals surface area contributed by atoms with E-state index in [9.17, 15) is 4.79 Å². The number of aryl methyl sites for hydroxylation is 2. The van der Waals surface area contributed by atoms with E-state index in [1.54, 1.807) is 0 Å². The summed E-state index contributed by atoms with van der Waals surface area (Å²) in [5, 5.41) is 0. The van der Waals surface area contributed by atoms with Crippen molar-refractivity contribution in [3.63, 3.8) is 0 Å². The van der Waals surface area contributed by atoms with Crippen LogP contribution in [0.1, 0.15) is 52.6 Å². The molecule has 0 N–H and O–H groups in total. The molecule has 0 spiro atoms. The maximum Gasteiger partial charge on any atom is 0.253 e. The molecule has 1 amide bonds. The third kappa shape index (κ3) is 3.68. The fourth-order valence-corrected chi connectivity index (χ4v) is 4.10. The molecule has 0 aliphatic carbocycles. The van der Waals surface area contributed by atoms with Gasteiger partial charge in [-0.15, -0.1) is 0 Å². The minimum atomic E-state index is 0.121. The number of hydrogen-bond acceptors (Lipinski definition) is 4. The fraction of sp³-hybridized carbons (Fsp3) is 0.500. The van der Waals surface area contributed by atoms with Crippen molar-refractivity contribution in [2.75, 3.05) is 31.1 Å². The summed E-state index contributed by atoms with van der Waals surface area (Å²) in [6.07, 6.45) is 5.07. The van der Waals surface area contributed by atoms with E-state index < -0.39 is 0 Å². The number of anilines is 1. The zero-order valence-corrected chi connectivity index (χ0v) is 16.4. The van der Waals surface area contributed by atoms with Crippen molar-refractivity contribution >= 4 is 11.9 Å². The number of hydrogen-bond donors (Lipinski definition) is 0. The quantitative estimate of drug-likeness (QED) is 0.839. The van der Waals surface area contributed by atoms with Crippen molar-refractivity contribution in [1.82, 2.24) is 14.9 Å². The second-order valence-corrected chi connectivity index (χ2v) is 7.57. The second kappa shape index (κ2) is 7.67. The van der Waals surface area contributed by atoms with E-state index in [1.165, 1.54) is 24.0 Å². The minimum Gasteiger partial charge on any atom is -0.341 e. The molecular weight excluding hydrogens is 336 g/mol. The van der Waals surface area contributed by atoms with Gasteiger partial charge in [0.25, 0.3) is 5.91 Å². The lowest BCUT2D eigenvalue weighted by Gasteiger charge is -2.20. The molecule has 27 heavy (non-hydrogen) atoms. The zero-order valence-electron chi connectivity index (χ0n) is 16.4. The lowest BCUT2D eigenvalue weighted by Crippen LogP contribution is -2.33. The molecule has 4 rings (SSSR count). The van der Waals surface area contributed by atoms with Crippen LogP contribution in [0, 0.1) is 6.92 Å². The van der Waals surface area contributed by atoms with E-state index in [0.717, 1.165) is 68.3 Å². The Hall–Kier alpha value is -2.43. The summed E-state index contributed by atoms with van der Waals surface area (Å²) in [6, 6.07) is 8.01. The summed E-state index contributed by atoms with van der Waals surface area (Å²) in [6.45, 7) is 7.77. The van der Waals surface area contributed by atoms with Gasteiger partial charge >= 0.3 is 0 Å². The van der Waals surface area contributed by atoms with Crippen molar-refractivity contribution in [1.29, 1.82) is 0 Å². The maximum absolute atomic E-state index is 12.9. The summed E-state index contributed by atoms with van der Waals surface area (Å²) in [4.78, 5) is 26.9. The van der Waals surface area contributed by atoms with E-state index in [4.69, 9.17) is 9.97 Å². The highest BCUT2D eigenvalue weighted by atomic mass is 16.2. The number of carbonyl (C=O) groups excluding carboxylic acids is 1. The van der Waals surface area contributed by atoms with Crippen molar-refractivity contribution in [3.8, 4) is 0 Å². The smallest absolute Gasteiger partial charge is 0.253 e. The van der Waals surface area contributed by atoms with Gasteiger partial charge in [0.05, 0.1) is 5.69 Å². The van der Waals surface area contributed by atoms with Gasteiger partial charge in [-0.1, -0.05) is 19.1 Å². The zero-order chi connectivity index (χ0) is 18.8. The van der Waals surface area contributed by atoms with Gasteiger partial charge in [-0.3, -0.25) is 4.79 Å². The normalized spacial score (nSPS) is 17.0. The maximum atomic E-state index is 12.9. The summed E-state index contributed by atoms with van der Waals surface area (Å²) >= 11 is 0. The molecule has 2 aliphatic heterocycles. The third-order valence-electron chi connectivity index (χ3n) is 5.82. The first-order chi connectivity index (χ1) is 13.2. The van der Waals surface area contributed by atoms with Crippen LogP contribution in [0.3, 0.4) is 0 Å². The second-order valence-electron chi connectivity index (χ2n) is 7.57. The lowest BCUT2D eigenvalue weighted by molar-refractivity contribution is 0.0763. The predicted molar refractivity (Wildman–Crippen MR) is 107 cm³/mol. The van der Waals surface area contributed by atoms with Crippen LogP contribution in [0.4, 0.5) is 5.95 Å². The first-order valence-corrected chi connectivity index (χ1v) is 10.1. The molecule has 5 heteroatoms. The molecule has 0 saturated carbocycles. The van der Waals surface area contributed by atoms with Crippen LogP contribution in [0.15, 0.2) is 24.3 Å². The Morgan fingerprint density at radius 2 is 1.70 bits per heavy atom. The Balaban J connectivity index is 1.52. The standard InChI is InChI=1S/C22H28N4O/c1-3-17-6-8-18(9-7-17)21(27)25-14-10-19-16(2)23-22(24-20(19)11-15-25)26-12-4-5-13-26/h6-9H,3-5,10-15H2,1-2H3. The average molecular weight is 364 g/mol. The molecular formula is C22H28N4O. The predicted octanol–water partition coefficient (Wildman–Crippen LogP) is 3.19. The van der Waals surface area contributed by atoms with Crippen LogP contribution >= 0.6 is 0 Å². The van der Waals surface area contributed by atoms with E-state index in [1.807, 2.05) is 17.0 Å². The van der Waals surface area contributed by atoms with Gasteiger partial charge in [0, 0.05) is 43.9 Å². The molecule has 2 aromatic rings. The molecule has 1 aromatic heterocycles. The monoisotopic (exact) mass is 364 g/mol. The minimum absolute atomic E-state index is 0.121. The fourth-order valence-electron chi connectivity index (χ4n) is 4.10. The molecule has 1 fully saturated rings. The highest BCUT2D eigenvalue weighted by Gasteiger charge is 2.24. The van der Waals surface area contributed by atoms with Crippen LogP contribution in [-0.4, -0.2) is 47.0 Å². The van der Waals surface area contributed by atoms with Gasteiger partial charge in [-0.25, -0.2) is 9.97 Å². The first kappa shape index (κ1) is 18.0. The molecule has 1 aromatic carbocycles. The van der Waals surface area contributed by atoms with Crippen LogP contribution in [0.25, 0.3) is 0 Å². The summed E-state index contributed by atoms with van der Waals surface area (Å²) in [5.74, 6) is 0.995. The molecule has 2 aliphatic rings. The average Bonchev–Trinajstić information content (AvgIpc) is 3.15. The van der Waals surface area contributed by atoms with Crippen molar-refractivity contribution < 1.29 is 4.79 Å². The van der Waals surface area contributed by atoms with Crippen LogP contribution in [0.5, 0.6) is 0 Å². The number of benzene rings is 1. The first-order valence-electron chi connectivity index (χ1n) is 10.1. The number of fused-ring (bicyclic) bond motifs is 1. The Kier molecular flexibility index (Phi) is 5.10. The summed E-state index contributed by atoms with van der Waals surface area (Å²) < 4.78 is 0. The topological polar surface area (TPSA) is 49.3 Å². The lowest BCUT2D eigenvalue weighted by atomic mass is 10.1. The number of amides is 1. The Morgan fingerprint density at radius 3 is 2.41 bits per heavy atom. The van der Waals surface area contributed by atoms with Gasteiger partial charge in [-0.05, 0) is 55.9 Å². The highest BCUT2D eigenvalue weighted by molar-refractivity contribution is 5.94. The van der Waals surface area contributed by atoms with Crippen LogP contribution in [0.2, 0.25) is 0 Å². The Labute approximate surface area is 161 Å². The summed E-state index contributed by atoms with van der Waals surface area (Å²) in [7, 11) is 0. The van der Waals surface area contributed by atoms with Gasteiger partial charge in [-0.2, -0.15) is 0 Å². The number of carbonyl (C=O) groups is 1. The van der Waals surface area contributed by atoms with Gasteiger partial charge in [0.15, 0.2) is 0 Å². The van der Waals surface area contributed by atoms with E-state index in [2.05, 4.69) is 30.9 Å². The van der Waals surface area contributed by atoms with Crippen molar-refractivity contribution in [2.24, 2.45) is 0 Å². The van der Waals surface area contributed by atoms with Crippen molar-refractivity contribution in [3.05, 3.63) is 52.3 Å². The molecule has 0 radical (unpaired) electrons. The number of nitrogens with zero attached hydrogens (tertiary/aromatic N) is 4. The largest absolute Gasteiger partial charge is 0.341 e. The van der Waals surface area contributed by atoms with Crippen molar-refractivity contribution in [2.45, 2.75) is 46.0 Å². The van der Waals surface area contributed by atoms with E-state index in [0.29, 0.717) is 0 Å². The van der Waals surface area contributed by atoms with Crippen LogP contribution in [-0.2, 0) is 19.3 Å². The van der Waals surface area contributed by atoms with Gasteiger partial charge in [0.1, 0.15) is 0 Å². The Bertz CT molecular complexity index is 825.